The van der Waals surface area contributed by atoms with Crippen LogP contribution in [0.1, 0.15) is 42.0 Å². The molecule has 1 amide bonds. The molecule has 0 saturated carbocycles. The van der Waals surface area contributed by atoms with Crippen LogP contribution in [0.2, 0.25) is 0 Å². The maximum atomic E-state index is 12.9. The lowest BCUT2D eigenvalue weighted by molar-refractivity contribution is -0.154. The molecule has 0 radical (unpaired) electrons. The van der Waals surface area contributed by atoms with Crippen LogP contribution >= 0.6 is 0 Å². The molecule has 6 heteroatoms. The summed E-state index contributed by atoms with van der Waals surface area (Å²) in [4.78, 5) is 25.0. The third-order valence-electron chi connectivity index (χ3n) is 4.88. The number of carbonyl (C=O) groups excluding carboxylic acids is 2. The Balaban J connectivity index is 2.17. The molecule has 2 heterocycles. The van der Waals surface area contributed by atoms with Crippen molar-refractivity contribution in [1.29, 1.82) is 0 Å². The summed E-state index contributed by atoms with van der Waals surface area (Å²) in [5, 5.41) is 2.63. The van der Waals surface area contributed by atoms with Gasteiger partial charge in [-0.1, -0.05) is 17.7 Å². The van der Waals surface area contributed by atoms with E-state index in [1.54, 1.807) is 0 Å². The lowest BCUT2D eigenvalue weighted by atomic mass is 9.87. The summed E-state index contributed by atoms with van der Waals surface area (Å²) in [6.07, 6.45) is 0.369. The number of esters is 1. The molecular weight excluding hydrogens is 334 g/mol. The van der Waals surface area contributed by atoms with Gasteiger partial charge >= 0.3 is 12.1 Å². The number of ether oxygens (including phenoxy) is 3. The molecule has 0 aromatic heterocycles. The molecule has 2 aliphatic rings. The van der Waals surface area contributed by atoms with Gasteiger partial charge in [-0.25, -0.2) is 9.59 Å². The maximum absolute atomic E-state index is 12.9. The molecule has 1 aromatic rings. The molecule has 0 aliphatic carbocycles. The highest BCUT2D eigenvalue weighted by molar-refractivity contribution is 6.20. The second-order valence-corrected chi connectivity index (χ2v) is 6.89. The minimum absolute atomic E-state index is 0.312. The van der Waals surface area contributed by atoms with Crippen molar-refractivity contribution in [2.24, 2.45) is 0 Å². The first kappa shape index (κ1) is 18.5. The second kappa shape index (κ2) is 7.11. The van der Waals surface area contributed by atoms with E-state index >= 15 is 0 Å². The standard InChI is InChI=1S/C20H25NO5/c1-5-21-19(23)25-17-16(15-13(3)10-12(2)11-14(15)4)18(22)26-20(17)6-8-24-9-7-20/h10-11H,5-9H2,1-4H3,(H,21,23). The fraction of sp³-hybridized carbons (Fsp3) is 0.500. The number of amides is 1. The molecule has 140 valence electrons. The highest BCUT2D eigenvalue weighted by Crippen LogP contribution is 2.45. The van der Waals surface area contributed by atoms with E-state index in [4.69, 9.17) is 14.2 Å². The number of carbonyl (C=O) groups is 2. The summed E-state index contributed by atoms with van der Waals surface area (Å²) in [5.41, 5.74) is 3.23. The molecule has 0 bridgehead atoms. The number of alkyl carbamates (subject to hydrolysis) is 1. The van der Waals surface area contributed by atoms with Gasteiger partial charge in [0.2, 0.25) is 0 Å². The summed E-state index contributed by atoms with van der Waals surface area (Å²) in [6.45, 7) is 9.07. The summed E-state index contributed by atoms with van der Waals surface area (Å²) in [6, 6.07) is 4.03. The van der Waals surface area contributed by atoms with Crippen LogP contribution in [0, 0.1) is 20.8 Å². The molecular formula is C20H25NO5. The Bertz CT molecular complexity index is 751. The van der Waals surface area contributed by atoms with Crippen molar-refractivity contribution in [2.75, 3.05) is 19.8 Å². The van der Waals surface area contributed by atoms with Crippen molar-refractivity contribution >= 4 is 17.6 Å². The van der Waals surface area contributed by atoms with E-state index < -0.39 is 17.7 Å². The zero-order chi connectivity index (χ0) is 18.9. The lowest BCUT2D eigenvalue weighted by Crippen LogP contribution is -2.41. The normalized spacial score (nSPS) is 18.8. The smallest absolute Gasteiger partial charge is 0.412 e. The molecule has 2 aliphatic heterocycles. The van der Waals surface area contributed by atoms with Crippen LogP contribution in [-0.2, 0) is 19.0 Å². The fourth-order valence-electron chi connectivity index (χ4n) is 3.83. The third kappa shape index (κ3) is 3.21. The summed E-state index contributed by atoms with van der Waals surface area (Å²) in [7, 11) is 0. The second-order valence-electron chi connectivity index (χ2n) is 6.89. The number of nitrogens with one attached hydrogen (secondary N) is 1. The monoisotopic (exact) mass is 359 g/mol. The quantitative estimate of drug-likeness (QED) is 0.839. The molecule has 6 nitrogen and oxygen atoms in total. The minimum atomic E-state index is -0.931. The van der Waals surface area contributed by atoms with Crippen molar-refractivity contribution in [1.82, 2.24) is 5.32 Å². The molecule has 1 fully saturated rings. The van der Waals surface area contributed by atoms with Gasteiger partial charge in [-0.2, -0.15) is 0 Å². The van der Waals surface area contributed by atoms with Gasteiger partial charge in [-0.15, -0.1) is 0 Å². The number of benzene rings is 1. The number of rotatable bonds is 3. The Morgan fingerprint density at radius 1 is 1.19 bits per heavy atom. The van der Waals surface area contributed by atoms with E-state index in [0.717, 1.165) is 22.3 Å². The van der Waals surface area contributed by atoms with Gasteiger partial charge in [0, 0.05) is 19.4 Å². The number of hydrogen-bond donors (Lipinski definition) is 1. The van der Waals surface area contributed by atoms with E-state index in [1.165, 1.54) is 0 Å². The largest absolute Gasteiger partial charge is 0.447 e. The van der Waals surface area contributed by atoms with Crippen molar-refractivity contribution in [3.05, 3.63) is 40.1 Å². The first-order valence-corrected chi connectivity index (χ1v) is 8.97. The Kier molecular flexibility index (Phi) is 5.05. The Labute approximate surface area is 153 Å². The Morgan fingerprint density at radius 2 is 1.81 bits per heavy atom. The summed E-state index contributed by atoms with van der Waals surface area (Å²) in [5.74, 6) is -0.131. The topological polar surface area (TPSA) is 73.9 Å². The molecule has 3 rings (SSSR count). The molecule has 1 aromatic carbocycles. The van der Waals surface area contributed by atoms with Crippen LogP contribution in [0.15, 0.2) is 17.9 Å². The van der Waals surface area contributed by atoms with Crippen molar-refractivity contribution in [3.63, 3.8) is 0 Å². The molecule has 0 unspecified atom stereocenters. The van der Waals surface area contributed by atoms with Crippen LogP contribution in [0.4, 0.5) is 4.79 Å². The van der Waals surface area contributed by atoms with E-state index in [0.29, 0.717) is 43.9 Å². The van der Waals surface area contributed by atoms with Gasteiger partial charge in [-0.05, 0) is 44.4 Å². The Hall–Kier alpha value is -2.34. The van der Waals surface area contributed by atoms with Crippen molar-refractivity contribution in [3.8, 4) is 0 Å². The first-order chi connectivity index (χ1) is 12.4. The Morgan fingerprint density at radius 3 is 2.38 bits per heavy atom. The van der Waals surface area contributed by atoms with Gasteiger partial charge in [0.25, 0.3) is 0 Å². The molecule has 26 heavy (non-hydrogen) atoms. The minimum Gasteiger partial charge on any atom is -0.447 e. The highest BCUT2D eigenvalue weighted by atomic mass is 16.6. The van der Waals surface area contributed by atoms with E-state index in [9.17, 15) is 9.59 Å². The van der Waals surface area contributed by atoms with E-state index in [1.807, 2.05) is 39.8 Å². The van der Waals surface area contributed by atoms with Crippen LogP contribution in [0.3, 0.4) is 0 Å². The summed E-state index contributed by atoms with van der Waals surface area (Å²) < 4.78 is 16.9. The van der Waals surface area contributed by atoms with Crippen LogP contribution in [0.25, 0.3) is 5.57 Å². The maximum Gasteiger partial charge on any atom is 0.412 e. The van der Waals surface area contributed by atoms with Gasteiger partial charge in [0.15, 0.2) is 11.4 Å². The predicted molar refractivity (Wildman–Crippen MR) is 96.6 cm³/mol. The molecule has 1 N–H and O–H groups in total. The predicted octanol–water partition coefficient (Wildman–Crippen LogP) is 3.18. The van der Waals surface area contributed by atoms with Crippen LogP contribution in [-0.4, -0.2) is 37.4 Å². The lowest BCUT2D eigenvalue weighted by Gasteiger charge is -2.33. The SMILES string of the molecule is CCNC(=O)OC1=C(c2c(C)cc(C)cc2C)C(=O)OC12CCOCC2. The van der Waals surface area contributed by atoms with Crippen molar-refractivity contribution in [2.45, 2.75) is 46.1 Å². The number of aryl methyl sites for hydroxylation is 3. The molecule has 1 saturated heterocycles. The van der Waals surface area contributed by atoms with Crippen LogP contribution in [0.5, 0.6) is 0 Å². The zero-order valence-electron chi connectivity index (χ0n) is 15.7. The number of hydrogen-bond acceptors (Lipinski definition) is 5. The summed E-state index contributed by atoms with van der Waals surface area (Å²) >= 11 is 0. The van der Waals surface area contributed by atoms with Crippen molar-refractivity contribution < 1.29 is 23.8 Å². The van der Waals surface area contributed by atoms with Gasteiger partial charge in [-0.3, -0.25) is 0 Å². The fourth-order valence-corrected chi connectivity index (χ4v) is 3.83. The van der Waals surface area contributed by atoms with E-state index in [-0.39, 0.29) is 0 Å². The van der Waals surface area contributed by atoms with E-state index in [2.05, 4.69) is 5.32 Å². The molecule has 1 spiro atoms. The zero-order valence-corrected chi connectivity index (χ0v) is 15.7. The van der Waals surface area contributed by atoms with Gasteiger partial charge in [0.1, 0.15) is 5.57 Å². The molecule has 0 atom stereocenters. The average molecular weight is 359 g/mol. The van der Waals surface area contributed by atoms with Gasteiger partial charge in [0.05, 0.1) is 13.2 Å². The highest BCUT2D eigenvalue weighted by Gasteiger charge is 2.52. The first-order valence-electron chi connectivity index (χ1n) is 8.97. The van der Waals surface area contributed by atoms with Crippen LogP contribution < -0.4 is 5.32 Å². The third-order valence-corrected chi connectivity index (χ3v) is 4.88. The average Bonchev–Trinajstić information content (AvgIpc) is 2.80. The van der Waals surface area contributed by atoms with Gasteiger partial charge < -0.3 is 19.5 Å².